The molecule has 7 nitrogen and oxygen atoms in total. The third kappa shape index (κ3) is 4.48. The summed E-state index contributed by atoms with van der Waals surface area (Å²) in [6.45, 7) is 1.72. The highest BCUT2D eigenvalue weighted by atomic mass is 32.2. The van der Waals surface area contributed by atoms with Gasteiger partial charge in [-0.1, -0.05) is 6.42 Å². The van der Waals surface area contributed by atoms with Crippen molar-refractivity contribution in [3.63, 3.8) is 0 Å². The van der Waals surface area contributed by atoms with Crippen LogP contribution in [-0.4, -0.2) is 46.2 Å². The van der Waals surface area contributed by atoms with Gasteiger partial charge in [-0.05, 0) is 68.2 Å². The van der Waals surface area contributed by atoms with Crippen LogP contribution in [0.3, 0.4) is 0 Å². The van der Waals surface area contributed by atoms with Crippen molar-refractivity contribution in [3.8, 4) is 0 Å². The molecule has 0 spiro atoms. The van der Waals surface area contributed by atoms with E-state index in [-0.39, 0.29) is 18.5 Å². The van der Waals surface area contributed by atoms with Crippen LogP contribution in [0, 0.1) is 17.8 Å². The normalized spacial score (nSPS) is 24.6. The molecule has 0 radical (unpaired) electrons. The number of sulfonamides is 1. The lowest BCUT2D eigenvalue weighted by molar-refractivity contribution is -0.120. The number of nitrogens with zero attached hydrogens (tertiary/aromatic N) is 1. The average molecular weight is 409 g/mol. The molecule has 2 aliphatic rings. The molecule has 4 atom stereocenters. The molecular weight excluding hydrogens is 380 g/mol. The first-order chi connectivity index (χ1) is 13.2. The molecule has 3 rings (SSSR count). The molecule has 1 N–H and O–H groups in total. The van der Waals surface area contributed by atoms with Gasteiger partial charge in [0.25, 0.3) is 0 Å². The van der Waals surface area contributed by atoms with Crippen LogP contribution in [0.25, 0.3) is 0 Å². The van der Waals surface area contributed by atoms with Crippen molar-refractivity contribution in [2.75, 3.05) is 24.2 Å². The first-order valence-corrected chi connectivity index (χ1v) is 11.5. The number of benzene rings is 1. The van der Waals surface area contributed by atoms with Gasteiger partial charge < -0.3 is 10.1 Å². The number of fused-ring (bicyclic) bond motifs is 2. The summed E-state index contributed by atoms with van der Waals surface area (Å²) in [6, 6.07) is 6.00. The standard InChI is InChI=1S/C20H28N2O5S/c1-13(18-11-14-4-5-16(18)10-14)21-19(23)12-22(28(3,25)26)17-8-6-15(7-9-17)20(24)27-2/h6-9,13-14,16,18H,4-5,10-12H2,1-3H3,(H,21,23). The number of anilines is 1. The van der Waals surface area contributed by atoms with E-state index in [1.54, 1.807) is 0 Å². The van der Waals surface area contributed by atoms with E-state index < -0.39 is 16.0 Å². The molecule has 2 saturated carbocycles. The maximum Gasteiger partial charge on any atom is 0.337 e. The topological polar surface area (TPSA) is 92.8 Å². The van der Waals surface area contributed by atoms with E-state index in [1.165, 1.54) is 50.6 Å². The van der Waals surface area contributed by atoms with E-state index in [9.17, 15) is 18.0 Å². The maximum atomic E-state index is 12.6. The molecule has 0 heterocycles. The molecule has 0 aromatic heterocycles. The van der Waals surface area contributed by atoms with Crippen molar-refractivity contribution in [1.29, 1.82) is 0 Å². The molecule has 2 aliphatic carbocycles. The summed E-state index contributed by atoms with van der Waals surface area (Å²) < 4.78 is 30.2. The molecule has 8 heteroatoms. The van der Waals surface area contributed by atoms with Crippen molar-refractivity contribution < 1.29 is 22.7 Å². The Balaban J connectivity index is 1.67. The SMILES string of the molecule is COC(=O)c1ccc(N(CC(=O)NC(C)C2CC3CCC2C3)S(C)(=O)=O)cc1. The Morgan fingerprint density at radius 2 is 1.89 bits per heavy atom. The summed E-state index contributed by atoms with van der Waals surface area (Å²) in [6.07, 6.45) is 6.00. The first-order valence-electron chi connectivity index (χ1n) is 9.64. The predicted octanol–water partition coefficient (Wildman–Crippen LogP) is 2.18. The number of esters is 1. The van der Waals surface area contributed by atoms with Gasteiger partial charge in [-0.15, -0.1) is 0 Å². The number of hydrogen-bond donors (Lipinski definition) is 1. The second kappa shape index (κ2) is 8.11. The number of nitrogens with one attached hydrogen (secondary N) is 1. The molecule has 28 heavy (non-hydrogen) atoms. The predicted molar refractivity (Wildman–Crippen MR) is 107 cm³/mol. The number of methoxy groups -OCH3 is 1. The summed E-state index contributed by atoms with van der Waals surface area (Å²) in [5.74, 6) is 1.12. The second-order valence-corrected chi connectivity index (χ2v) is 9.91. The zero-order valence-corrected chi connectivity index (χ0v) is 17.4. The van der Waals surface area contributed by atoms with Crippen LogP contribution in [0.4, 0.5) is 5.69 Å². The molecule has 2 fully saturated rings. The number of carbonyl (C=O) groups is 2. The lowest BCUT2D eigenvalue weighted by atomic mass is 9.84. The van der Waals surface area contributed by atoms with E-state index in [1.807, 2.05) is 6.92 Å². The Bertz CT molecular complexity index is 837. The summed E-state index contributed by atoms with van der Waals surface area (Å²) in [5, 5.41) is 3.00. The van der Waals surface area contributed by atoms with Crippen LogP contribution < -0.4 is 9.62 Å². The molecule has 1 amide bonds. The van der Waals surface area contributed by atoms with Crippen molar-refractivity contribution in [2.24, 2.45) is 17.8 Å². The van der Waals surface area contributed by atoms with E-state index in [2.05, 4.69) is 10.1 Å². The number of hydrogen-bond acceptors (Lipinski definition) is 5. The van der Waals surface area contributed by atoms with Crippen LogP contribution >= 0.6 is 0 Å². The molecule has 1 aromatic rings. The van der Waals surface area contributed by atoms with Crippen molar-refractivity contribution >= 4 is 27.6 Å². The van der Waals surface area contributed by atoms with Gasteiger partial charge in [0.2, 0.25) is 15.9 Å². The van der Waals surface area contributed by atoms with Crippen LogP contribution in [0.1, 0.15) is 43.0 Å². The zero-order valence-electron chi connectivity index (χ0n) is 16.6. The van der Waals surface area contributed by atoms with Gasteiger partial charge in [-0.3, -0.25) is 9.10 Å². The zero-order chi connectivity index (χ0) is 20.5. The van der Waals surface area contributed by atoms with Crippen molar-refractivity contribution in [1.82, 2.24) is 5.32 Å². The minimum absolute atomic E-state index is 0.0333. The largest absolute Gasteiger partial charge is 0.465 e. The average Bonchev–Trinajstić information content (AvgIpc) is 3.28. The Morgan fingerprint density at radius 1 is 1.21 bits per heavy atom. The number of amides is 1. The molecule has 4 unspecified atom stereocenters. The second-order valence-electron chi connectivity index (χ2n) is 8.00. The monoisotopic (exact) mass is 408 g/mol. The van der Waals surface area contributed by atoms with E-state index in [0.717, 1.165) is 22.9 Å². The minimum Gasteiger partial charge on any atom is -0.465 e. The Hall–Kier alpha value is -2.09. The smallest absolute Gasteiger partial charge is 0.337 e. The summed E-state index contributed by atoms with van der Waals surface area (Å²) in [4.78, 5) is 24.1. The van der Waals surface area contributed by atoms with E-state index >= 15 is 0 Å². The van der Waals surface area contributed by atoms with Gasteiger partial charge in [-0.25, -0.2) is 13.2 Å². The quantitative estimate of drug-likeness (QED) is 0.698. The molecule has 0 aliphatic heterocycles. The van der Waals surface area contributed by atoms with Gasteiger partial charge in [-0.2, -0.15) is 0 Å². The van der Waals surface area contributed by atoms with Crippen LogP contribution in [0.5, 0.6) is 0 Å². The molecule has 2 bridgehead atoms. The fourth-order valence-corrected chi connectivity index (χ4v) is 5.58. The number of carbonyl (C=O) groups excluding carboxylic acids is 2. The summed E-state index contributed by atoms with van der Waals surface area (Å²) in [5.41, 5.74) is 0.645. The van der Waals surface area contributed by atoms with Crippen molar-refractivity contribution in [2.45, 2.75) is 38.6 Å². The van der Waals surface area contributed by atoms with E-state index in [0.29, 0.717) is 23.1 Å². The van der Waals surface area contributed by atoms with E-state index in [4.69, 9.17) is 0 Å². The van der Waals surface area contributed by atoms with Crippen LogP contribution in [0.15, 0.2) is 24.3 Å². The van der Waals surface area contributed by atoms with Crippen LogP contribution in [0.2, 0.25) is 0 Å². The number of ether oxygens (including phenoxy) is 1. The Labute approximate surface area is 166 Å². The van der Waals surface area contributed by atoms with Gasteiger partial charge in [0.15, 0.2) is 0 Å². The third-order valence-electron chi connectivity index (χ3n) is 6.09. The highest BCUT2D eigenvalue weighted by Gasteiger charge is 2.42. The fraction of sp³-hybridized carbons (Fsp3) is 0.600. The van der Waals surface area contributed by atoms with Gasteiger partial charge in [0.1, 0.15) is 6.54 Å². The molecule has 1 aromatic carbocycles. The number of rotatable bonds is 7. The van der Waals surface area contributed by atoms with Gasteiger partial charge >= 0.3 is 5.97 Å². The lowest BCUT2D eigenvalue weighted by Crippen LogP contribution is -2.46. The maximum absolute atomic E-state index is 12.6. The molecule has 154 valence electrons. The fourth-order valence-electron chi connectivity index (χ4n) is 4.72. The lowest BCUT2D eigenvalue weighted by Gasteiger charge is -2.29. The molecule has 0 saturated heterocycles. The minimum atomic E-state index is -3.66. The summed E-state index contributed by atoms with van der Waals surface area (Å²) >= 11 is 0. The molecular formula is C20H28N2O5S. The van der Waals surface area contributed by atoms with Gasteiger partial charge in [0.05, 0.1) is 24.6 Å². The Kier molecular flexibility index (Phi) is 5.98. The Morgan fingerprint density at radius 3 is 2.39 bits per heavy atom. The summed E-state index contributed by atoms with van der Waals surface area (Å²) in [7, 11) is -2.38. The highest BCUT2D eigenvalue weighted by molar-refractivity contribution is 7.92. The first kappa shape index (κ1) is 20.6. The van der Waals surface area contributed by atoms with Crippen LogP contribution in [-0.2, 0) is 19.6 Å². The van der Waals surface area contributed by atoms with Crippen molar-refractivity contribution in [3.05, 3.63) is 29.8 Å². The highest BCUT2D eigenvalue weighted by Crippen LogP contribution is 2.49. The van der Waals surface area contributed by atoms with Gasteiger partial charge in [0, 0.05) is 6.04 Å². The third-order valence-corrected chi connectivity index (χ3v) is 7.23.